The van der Waals surface area contributed by atoms with E-state index in [-0.39, 0.29) is 16.5 Å². The van der Waals surface area contributed by atoms with Gasteiger partial charge in [0, 0.05) is 13.6 Å². The molecule has 1 rings (SSSR count). The fourth-order valence-corrected chi connectivity index (χ4v) is 1.76. The number of benzene rings is 1. The lowest BCUT2D eigenvalue weighted by Crippen LogP contribution is -2.45. The number of rotatable bonds is 4. The van der Waals surface area contributed by atoms with E-state index in [2.05, 4.69) is 5.32 Å². The minimum Gasteiger partial charge on any atom is -0.398 e. The molecule has 0 fully saturated rings. The highest BCUT2D eigenvalue weighted by molar-refractivity contribution is 6.36. The van der Waals surface area contributed by atoms with Gasteiger partial charge in [-0.2, -0.15) is 0 Å². The van der Waals surface area contributed by atoms with Crippen LogP contribution in [0.4, 0.5) is 5.69 Å². The molecule has 0 saturated heterocycles. The smallest absolute Gasteiger partial charge is 0.253 e. The molecular weight excluding hydrogens is 266 g/mol. The Morgan fingerprint density at radius 3 is 2.68 bits per heavy atom. The highest BCUT2D eigenvalue weighted by atomic mass is 35.5. The van der Waals surface area contributed by atoms with Crippen molar-refractivity contribution in [3.63, 3.8) is 0 Å². The standard InChI is InChI=1S/C13H18ClN3O2/c1-4-17(3)13(19)8(2)16-12(18)9-6-5-7-10(15)11(9)14/h5-8H,4,15H2,1-3H3,(H,16,18). The van der Waals surface area contributed by atoms with Crippen molar-refractivity contribution >= 4 is 29.1 Å². The van der Waals surface area contributed by atoms with Crippen LogP contribution in [0.3, 0.4) is 0 Å². The molecule has 0 heterocycles. The molecule has 104 valence electrons. The first-order chi connectivity index (χ1) is 8.88. The van der Waals surface area contributed by atoms with E-state index in [1.54, 1.807) is 32.2 Å². The molecule has 1 aromatic rings. The van der Waals surface area contributed by atoms with Gasteiger partial charge in [0.15, 0.2) is 0 Å². The fourth-order valence-electron chi connectivity index (χ4n) is 1.55. The lowest BCUT2D eigenvalue weighted by molar-refractivity contribution is -0.131. The summed E-state index contributed by atoms with van der Waals surface area (Å²) in [6, 6.07) is 4.20. The van der Waals surface area contributed by atoms with Crippen LogP contribution in [0, 0.1) is 0 Å². The van der Waals surface area contributed by atoms with Gasteiger partial charge in [-0.3, -0.25) is 9.59 Å². The maximum absolute atomic E-state index is 12.0. The van der Waals surface area contributed by atoms with E-state index in [0.717, 1.165) is 0 Å². The predicted octanol–water partition coefficient (Wildman–Crippen LogP) is 1.52. The number of carbonyl (C=O) groups is 2. The summed E-state index contributed by atoms with van der Waals surface area (Å²) < 4.78 is 0. The summed E-state index contributed by atoms with van der Waals surface area (Å²) in [5.41, 5.74) is 6.23. The lowest BCUT2D eigenvalue weighted by Gasteiger charge is -2.20. The van der Waals surface area contributed by atoms with Gasteiger partial charge in [-0.15, -0.1) is 0 Å². The van der Waals surface area contributed by atoms with Crippen LogP contribution >= 0.6 is 11.6 Å². The minimum absolute atomic E-state index is 0.157. The molecular formula is C13H18ClN3O2. The second kappa shape index (κ2) is 6.43. The van der Waals surface area contributed by atoms with E-state index < -0.39 is 11.9 Å². The third kappa shape index (κ3) is 3.61. The number of hydrogen-bond donors (Lipinski definition) is 2. The van der Waals surface area contributed by atoms with Crippen molar-refractivity contribution in [2.45, 2.75) is 19.9 Å². The lowest BCUT2D eigenvalue weighted by atomic mass is 10.1. The van der Waals surface area contributed by atoms with E-state index >= 15 is 0 Å². The Kier molecular flexibility index (Phi) is 5.18. The molecule has 5 nitrogen and oxygen atoms in total. The number of carbonyl (C=O) groups excluding carboxylic acids is 2. The second-order valence-electron chi connectivity index (χ2n) is 4.26. The van der Waals surface area contributed by atoms with Crippen molar-refractivity contribution in [1.29, 1.82) is 0 Å². The molecule has 0 aliphatic carbocycles. The van der Waals surface area contributed by atoms with Crippen molar-refractivity contribution < 1.29 is 9.59 Å². The summed E-state index contributed by atoms with van der Waals surface area (Å²) >= 11 is 5.96. The Labute approximate surface area is 117 Å². The summed E-state index contributed by atoms with van der Waals surface area (Å²) in [7, 11) is 1.68. The third-order valence-electron chi connectivity index (χ3n) is 2.84. The van der Waals surface area contributed by atoms with Crippen LogP contribution in [0.15, 0.2) is 18.2 Å². The molecule has 0 aliphatic rings. The van der Waals surface area contributed by atoms with Crippen LogP contribution in [-0.4, -0.2) is 36.3 Å². The van der Waals surface area contributed by atoms with Crippen LogP contribution in [-0.2, 0) is 4.79 Å². The van der Waals surface area contributed by atoms with Gasteiger partial charge in [-0.05, 0) is 26.0 Å². The van der Waals surface area contributed by atoms with Crippen molar-refractivity contribution in [3.05, 3.63) is 28.8 Å². The van der Waals surface area contributed by atoms with Crippen molar-refractivity contribution in [3.8, 4) is 0 Å². The molecule has 0 aliphatic heterocycles. The topological polar surface area (TPSA) is 75.4 Å². The third-order valence-corrected chi connectivity index (χ3v) is 3.26. The summed E-state index contributed by atoms with van der Waals surface area (Å²) in [4.78, 5) is 25.4. The SMILES string of the molecule is CCN(C)C(=O)C(C)NC(=O)c1cccc(N)c1Cl. The Balaban J connectivity index is 2.80. The Bertz CT molecular complexity index is 491. The summed E-state index contributed by atoms with van der Waals surface area (Å²) in [5.74, 6) is -0.571. The quantitative estimate of drug-likeness (QED) is 0.823. The van der Waals surface area contributed by atoms with Crippen molar-refractivity contribution in [1.82, 2.24) is 10.2 Å². The Morgan fingerprint density at radius 2 is 2.11 bits per heavy atom. The monoisotopic (exact) mass is 283 g/mol. The number of anilines is 1. The number of amides is 2. The fraction of sp³-hybridized carbons (Fsp3) is 0.385. The number of nitrogens with zero attached hydrogens (tertiary/aromatic N) is 1. The van der Waals surface area contributed by atoms with Gasteiger partial charge in [0.05, 0.1) is 16.3 Å². The number of nitrogens with one attached hydrogen (secondary N) is 1. The van der Waals surface area contributed by atoms with E-state index in [1.165, 1.54) is 4.90 Å². The molecule has 6 heteroatoms. The zero-order valence-corrected chi connectivity index (χ0v) is 12.0. The normalized spacial score (nSPS) is 11.8. The molecule has 2 amide bonds. The Morgan fingerprint density at radius 1 is 1.47 bits per heavy atom. The highest BCUT2D eigenvalue weighted by Crippen LogP contribution is 2.22. The molecule has 0 bridgehead atoms. The zero-order valence-electron chi connectivity index (χ0n) is 11.2. The van der Waals surface area contributed by atoms with Crippen LogP contribution in [0.5, 0.6) is 0 Å². The average Bonchev–Trinajstić information content (AvgIpc) is 2.39. The maximum Gasteiger partial charge on any atom is 0.253 e. The molecule has 0 radical (unpaired) electrons. The average molecular weight is 284 g/mol. The largest absolute Gasteiger partial charge is 0.398 e. The number of nitrogen functional groups attached to an aromatic ring is 1. The van der Waals surface area contributed by atoms with Gasteiger partial charge >= 0.3 is 0 Å². The van der Waals surface area contributed by atoms with Gasteiger partial charge in [-0.25, -0.2) is 0 Å². The predicted molar refractivity (Wildman–Crippen MR) is 76.1 cm³/mol. The van der Waals surface area contributed by atoms with Gasteiger partial charge in [0.1, 0.15) is 6.04 Å². The summed E-state index contributed by atoms with van der Waals surface area (Å²) in [6.45, 7) is 4.08. The van der Waals surface area contributed by atoms with Crippen LogP contribution < -0.4 is 11.1 Å². The Hall–Kier alpha value is -1.75. The first kappa shape index (κ1) is 15.3. The van der Waals surface area contributed by atoms with Gasteiger partial charge in [0.2, 0.25) is 5.91 Å². The number of halogens is 1. The molecule has 0 saturated carbocycles. The van der Waals surface area contributed by atoms with E-state index in [1.807, 2.05) is 6.92 Å². The van der Waals surface area contributed by atoms with Gasteiger partial charge < -0.3 is 16.0 Å². The van der Waals surface area contributed by atoms with Crippen LogP contribution in [0.1, 0.15) is 24.2 Å². The molecule has 1 aromatic carbocycles. The van der Waals surface area contributed by atoms with E-state index in [4.69, 9.17) is 17.3 Å². The maximum atomic E-state index is 12.0. The first-order valence-electron chi connectivity index (χ1n) is 5.98. The minimum atomic E-state index is -0.616. The molecule has 1 unspecified atom stereocenters. The van der Waals surface area contributed by atoms with E-state index in [9.17, 15) is 9.59 Å². The zero-order chi connectivity index (χ0) is 14.6. The summed E-state index contributed by atoms with van der Waals surface area (Å²) in [5, 5.41) is 2.81. The molecule has 0 spiro atoms. The van der Waals surface area contributed by atoms with E-state index in [0.29, 0.717) is 12.2 Å². The summed E-state index contributed by atoms with van der Waals surface area (Å²) in [6.07, 6.45) is 0. The highest BCUT2D eigenvalue weighted by Gasteiger charge is 2.20. The van der Waals surface area contributed by atoms with Gasteiger partial charge in [0.25, 0.3) is 5.91 Å². The van der Waals surface area contributed by atoms with Crippen molar-refractivity contribution in [2.24, 2.45) is 0 Å². The molecule has 1 atom stereocenters. The molecule has 3 N–H and O–H groups in total. The number of nitrogens with two attached hydrogens (primary N) is 1. The molecule has 19 heavy (non-hydrogen) atoms. The van der Waals surface area contributed by atoms with Gasteiger partial charge in [-0.1, -0.05) is 17.7 Å². The number of hydrogen-bond acceptors (Lipinski definition) is 3. The van der Waals surface area contributed by atoms with Crippen LogP contribution in [0.25, 0.3) is 0 Å². The number of likely N-dealkylation sites (N-methyl/N-ethyl adjacent to an activating group) is 1. The second-order valence-corrected chi connectivity index (χ2v) is 4.63. The van der Waals surface area contributed by atoms with Crippen LogP contribution in [0.2, 0.25) is 5.02 Å². The van der Waals surface area contributed by atoms with Crippen molar-refractivity contribution in [2.75, 3.05) is 19.3 Å². The first-order valence-corrected chi connectivity index (χ1v) is 6.36. The molecule has 0 aromatic heterocycles.